The first-order valence-corrected chi connectivity index (χ1v) is 6.25. The second kappa shape index (κ2) is 5.02. The van der Waals surface area contributed by atoms with E-state index in [1.807, 2.05) is 13.8 Å². The van der Waals surface area contributed by atoms with E-state index in [9.17, 15) is 4.79 Å². The topological polar surface area (TPSA) is 66.3 Å². The summed E-state index contributed by atoms with van der Waals surface area (Å²) in [6, 6.07) is 0.116. The van der Waals surface area contributed by atoms with E-state index in [-0.39, 0.29) is 17.9 Å². The molecule has 3 unspecified atom stereocenters. The summed E-state index contributed by atoms with van der Waals surface area (Å²) in [7, 11) is 0. The Labute approximate surface area is 107 Å². The second-order valence-corrected chi connectivity index (χ2v) is 5.08. The minimum Gasteiger partial charge on any atom is -0.481 e. The molecule has 1 N–H and O–H groups in total. The number of carboxylic acid groups (broad SMARTS) is 1. The first-order chi connectivity index (χ1) is 8.50. The Balaban J connectivity index is 2.14. The third kappa shape index (κ3) is 2.36. The van der Waals surface area contributed by atoms with Crippen LogP contribution >= 0.6 is 0 Å². The third-order valence-electron chi connectivity index (χ3n) is 3.82. The van der Waals surface area contributed by atoms with Crippen LogP contribution in [-0.4, -0.2) is 39.0 Å². The van der Waals surface area contributed by atoms with E-state index < -0.39 is 5.97 Å². The Morgan fingerprint density at radius 1 is 1.44 bits per heavy atom. The zero-order valence-electron chi connectivity index (χ0n) is 11.0. The summed E-state index contributed by atoms with van der Waals surface area (Å²) >= 11 is 0. The Morgan fingerprint density at radius 3 is 2.67 bits per heavy atom. The number of carboxylic acids is 1. The van der Waals surface area contributed by atoms with Crippen LogP contribution in [0.1, 0.15) is 31.3 Å². The van der Waals surface area contributed by atoms with Crippen LogP contribution in [0.2, 0.25) is 0 Å². The smallest absolute Gasteiger partial charge is 0.308 e. The van der Waals surface area contributed by atoms with Gasteiger partial charge in [0, 0.05) is 25.5 Å². The average Bonchev–Trinajstić information content (AvgIpc) is 2.71. The Bertz CT molecular complexity index is 450. The largest absolute Gasteiger partial charge is 0.481 e. The minimum absolute atomic E-state index is 0.116. The number of likely N-dealkylation sites (tertiary alicyclic amines) is 1. The molecule has 18 heavy (non-hydrogen) atoms. The number of hydrogen-bond donors (Lipinski definition) is 1. The van der Waals surface area contributed by atoms with Gasteiger partial charge in [0.2, 0.25) is 0 Å². The van der Waals surface area contributed by atoms with E-state index in [0.717, 1.165) is 17.9 Å². The molecule has 1 aromatic heterocycles. The third-order valence-corrected chi connectivity index (χ3v) is 3.82. The van der Waals surface area contributed by atoms with Gasteiger partial charge in [-0.25, -0.2) is 0 Å². The summed E-state index contributed by atoms with van der Waals surface area (Å²) in [5.41, 5.74) is 1.85. The van der Waals surface area contributed by atoms with E-state index in [1.54, 1.807) is 12.4 Å². The highest BCUT2D eigenvalue weighted by Crippen LogP contribution is 2.30. The molecule has 1 saturated heterocycles. The molecule has 2 rings (SSSR count). The lowest BCUT2D eigenvalue weighted by molar-refractivity contribution is -0.142. The molecule has 3 atom stereocenters. The van der Waals surface area contributed by atoms with Gasteiger partial charge in [-0.1, -0.05) is 6.92 Å². The van der Waals surface area contributed by atoms with Crippen molar-refractivity contribution in [2.75, 3.05) is 13.1 Å². The maximum atomic E-state index is 11.1. The van der Waals surface area contributed by atoms with Gasteiger partial charge >= 0.3 is 5.97 Å². The fraction of sp³-hybridized carbons (Fsp3) is 0.615. The SMILES string of the molecule is Cc1nccnc1C(C)N1CC(C)C(C(=O)O)C1. The van der Waals surface area contributed by atoms with Gasteiger partial charge in [0.15, 0.2) is 0 Å². The summed E-state index contributed by atoms with van der Waals surface area (Å²) in [6.45, 7) is 7.39. The molecule has 0 spiro atoms. The Kier molecular flexibility index (Phi) is 3.61. The zero-order chi connectivity index (χ0) is 13.3. The number of aryl methyl sites for hydroxylation is 1. The minimum atomic E-state index is -0.701. The summed E-state index contributed by atoms with van der Waals surface area (Å²) in [6.07, 6.45) is 3.37. The molecule has 0 aliphatic carbocycles. The highest BCUT2D eigenvalue weighted by Gasteiger charge is 2.37. The van der Waals surface area contributed by atoms with Crippen LogP contribution in [0.25, 0.3) is 0 Å². The van der Waals surface area contributed by atoms with E-state index in [1.165, 1.54) is 0 Å². The number of carbonyl (C=O) groups is 1. The molecule has 1 aliphatic rings. The van der Waals surface area contributed by atoms with E-state index >= 15 is 0 Å². The van der Waals surface area contributed by atoms with E-state index in [4.69, 9.17) is 5.11 Å². The lowest BCUT2D eigenvalue weighted by Crippen LogP contribution is -2.27. The van der Waals surface area contributed by atoms with Crippen LogP contribution in [0.3, 0.4) is 0 Å². The molecule has 5 nitrogen and oxygen atoms in total. The standard InChI is InChI=1S/C13H19N3O2/c1-8-6-16(7-11(8)13(17)18)10(3)12-9(2)14-4-5-15-12/h4-5,8,10-11H,6-7H2,1-3H3,(H,17,18). The summed E-state index contributed by atoms with van der Waals surface area (Å²) < 4.78 is 0. The molecule has 0 saturated carbocycles. The highest BCUT2D eigenvalue weighted by molar-refractivity contribution is 5.71. The molecule has 5 heteroatoms. The second-order valence-electron chi connectivity index (χ2n) is 5.08. The predicted octanol–water partition coefficient (Wildman–Crippen LogP) is 1.50. The normalized spacial score (nSPS) is 26.2. The fourth-order valence-corrected chi connectivity index (χ4v) is 2.64. The Morgan fingerprint density at radius 2 is 2.11 bits per heavy atom. The van der Waals surface area contributed by atoms with Crippen LogP contribution < -0.4 is 0 Å². The van der Waals surface area contributed by atoms with Crippen molar-refractivity contribution in [2.24, 2.45) is 11.8 Å². The van der Waals surface area contributed by atoms with Crippen molar-refractivity contribution in [3.8, 4) is 0 Å². The van der Waals surface area contributed by atoms with Crippen molar-refractivity contribution in [1.29, 1.82) is 0 Å². The van der Waals surface area contributed by atoms with Gasteiger partial charge in [0.25, 0.3) is 0 Å². The van der Waals surface area contributed by atoms with Crippen molar-refractivity contribution in [1.82, 2.24) is 14.9 Å². The van der Waals surface area contributed by atoms with Gasteiger partial charge < -0.3 is 5.11 Å². The molecular formula is C13H19N3O2. The van der Waals surface area contributed by atoms with Crippen LogP contribution in [0, 0.1) is 18.8 Å². The average molecular weight is 249 g/mol. The molecule has 2 heterocycles. The van der Waals surface area contributed by atoms with Gasteiger partial charge in [-0.2, -0.15) is 0 Å². The van der Waals surface area contributed by atoms with E-state index in [0.29, 0.717) is 6.54 Å². The number of hydrogen-bond acceptors (Lipinski definition) is 4. The number of nitrogens with zero attached hydrogens (tertiary/aromatic N) is 3. The van der Waals surface area contributed by atoms with Crippen LogP contribution in [0.4, 0.5) is 0 Å². The summed E-state index contributed by atoms with van der Waals surface area (Å²) in [5, 5.41) is 9.15. The lowest BCUT2D eigenvalue weighted by Gasteiger charge is -2.24. The maximum absolute atomic E-state index is 11.1. The first kappa shape index (κ1) is 13.0. The van der Waals surface area contributed by atoms with Gasteiger partial charge in [-0.3, -0.25) is 19.7 Å². The quantitative estimate of drug-likeness (QED) is 0.879. The van der Waals surface area contributed by atoms with E-state index in [2.05, 4.69) is 21.8 Å². The Hall–Kier alpha value is -1.49. The molecule has 0 bridgehead atoms. The number of aliphatic carboxylic acids is 1. The molecule has 1 aliphatic heterocycles. The molecule has 0 amide bonds. The molecule has 1 fully saturated rings. The predicted molar refractivity (Wildman–Crippen MR) is 67.0 cm³/mol. The van der Waals surface area contributed by atoms with Crippen molar-refractivity contribution in [3.63, 3.8) is 0 Å². The summed E-state index contributed by atoms with van der Waals surface area (Å²) in [4.78, 5) is 21.9. The van der Waals surface area contributed by atoms with Crippen LogP contribution in [-0.2, 0) is 4.79 Å². The molecule has 0 aromatic carbocycles. The lowest BCUT2D eigenvalue weighted by atomic mass is 9.99. The molecule has 98 valence electrons. The van der Waals surface area contributed by atoms with Gasteiger partial charge in [-0.15, -0.1) is 0 Å². The number of aromatic nitrogens is 2. The monoisotopic (exact) mass is 249 g/mol. The summed E-state index contributed by atoms with van der Waals surface area (Å²) in [5.74, 6) is -0.792. The first-order valence-electron chi connectivity index (χ1n) is 6.25. The van der Waals surface area contributed by atoms with Crippen molar-refractivity contribution in [2.45, 2.75) is 26.8 Å². The van der Waals surface area contributed by atoms with Gasteiger partial charge in [0.05, 0.1) is 23.3 Å². The van der Waals surface area contributed by atoms with Crippen molar-refractivity contribution < 1.29 is 9.90 Å². The maximum Gasteiger partial charge on any atom is 0.308 e. The molecule has 1 aromatic rings. The molecule has 0 radical (unpaired) electrons. The van der Waals surface area contributed by atoms with Gasteiger partial charge in [-0.05, 0) is 19.8 Å². The molecular weight excluding hydrogens is 230 g/mol. The van der Waals surface area contributed by atoms with Gasteiger partial charge in [0.1, 0.15) is 0 Å². The van der Waals surface area contributed by atoms with Crippen molar-refractivity contribution in [3.05, 3.63) is 23.8 Å². The zero-order valence-corrected chi connectivity index (χ0v) is 11.0. The van der Waals surface area contributed by atoms with Crippen LogP contribution in [0.5, 0.6) is 0 Å². The fourth-order valence-electron chi connectivity index (χ4n) is 2.64. The number of rotatable bonds is 3. The highest BCUT2D eigenvalue weighted by atomic mass is 16.4. The van der Waals surface area contributed by atoms with Crippen LogP contribution in [0.15, 0.2) is 12.4 Å². The van der Waals surface area contributed by atoms with Crippen molar-refractivity contribution >= 4 is 5.97 Å².